The highest BCUT2D eigenvalue weighted by Gasteiger charge is 2.24. The Kier molecular flexibility index (Phi) is 2.37. The van der Waals surface area contributed by atoms with Crippen molar-refractivity contribution in [1.82, 2.24) is 4.98 Å². The molecule has 1 fully saturated rings. The smallest absolute Gasteiger partial charge is 0.0346 e. The van der Waals surface area contributed by atoms with Gasteiger partial charge in [0.15, 0.2) is 0 Å². The highest BCUT2D eigenvalue weighted by atomic mass is 14.6. The summed E-state index contributed by atoms with van der Waals surface area (Å²) in [4.78, 5) is 4.17. The fourth-order valence-electron chi connectivity index (χ4n) is 2.80. The molecule has 16 heavy (non-hydrogen) atoms. The van der Waals surface area contributed by atoms with Crippen LogP contribution in [0.3, 0.4) is 0 Å². The van der Waals surface area contributed by atoms with Crippen LogP contribution in [0, 0.1) is 0 Å². The number of nitrogens with zero attached hydrogens (tertiary/aromatic N) is 1. The average Bonchev–Trinajstić information content (AvgIpc) is 2.75. The lowest BCUT2D eigenvalue weighted by molar-refractivity contribution is 0.677. The lowest BCUT2D eigenvalue weighted by atomic mass is 9.93. The number of benzene rings is 1. The molecule has 1 aliphatic carbocycles. The lowest BCUT2D eigenvalue weighted by Crippen LogP contribution is -2.14. The summed E-state index contributed by atoms with van der Waals surface area (Å²) in [6.45, 7) is 0. The van der Waals surface area contributed by atoms with E-state index in [2.05, 4.69) is 29.2 Å². The first kappa shape index (κ1) is 9.79. The van der Waals surface area contributed by atoms with Gasteiger partial charge in [0.25, 0.3) is 0 Å². The van der Waals surface area contributed by atoms with Gasteiger partial charge in [0.1, 0.15) is 0 Å². The first-order valence-corrected chi connectivity index (χ1v) is 5.93. The Bertz CT molecular complexity index is 502. The monoisotopic (exact) mass is 212 g/mol. The standard InChI is InChI=1S/C14H16N2/c15-12-5-4-10(8-12)13-3-1-2-11-9-16-7-6-14(11)13/h1-3,6-7,9-10,12H,4-5,8,15H2. The normalized spacial score (nSPS) is 25.1. The summed E-state index contributed by atoms with van der Waals surface area (Å²) in [6.07, 6.45) is 7.32. The SMILES string of the molecule is NC1CCC(c2cccc3cnccc23)C1. The summed E-state index contributed by atoms with van der Waals surface area (Å²) >= 11 is 0. The van der Waals surface area contributed by atoms with Crippen molar-refractivity contribution >= 4 is 10.8 Å². The van der Waals surface area contributed by atoms with E-state index in [1.807, 2.05) is 12.4 Å². The molecular formula is C14H16N2. The number of hydrogen-bond acceptors (Lipinski definition) is 2. The summed E-state index contributed by atoms with van der Waals surface area (Å²) in [5.41, 5.74) is 7.45. The van der Waals surface area contributed by atoms with Crippen LogP contribution in [0.1, 0.15) is 30.7 Å². The van der Waals surface area contributed by atoms with E-state index in [0.29, 0.717) is 12.0 Å². The molecule has 2 heteroatoms. The second-order valence-corrected chi connectivity index (χ2v) is 4.71. The topological polar surface area (TPSA) is 38.9 Å². The summed E-state index contributed by atoms with van der Waals surface area (Å²) in [7, 11) is 0. The fraction of sp³-hybridized carbons (Fsp3) is 0.357. The molecule has 0 amide bonds. The lowest BCUT2D eigenvalue weighted by Gasteiger charge is -2.12. The summed E-state index contributed by atoms with van der Waals surface area (Å²) < 4.78 is 0. The summed E-state index contributed by atoms with van der Waals surface area (Å²) in [6, 6.07) is 9.01. The van der Waals surface area contributed by atoms with Crippen LogP contribution in [-0.4, -0.2) is 11.0 Å². The molecule has 1 aromatic heterocycles. The zero-order valence-corrected chi connectivity index (χ0v) is 9.26. The maximum atomic E-state index is 5.99. The number of aromatic nitrogens is 1. The van der Waals surface area contributed by atoms with Crippen LogP contribution in [0.2, 0.25) is 0 Å². The second-order valence-electron chi connectivity index (χ2n) is 4.71. The van der Waals surface area contributed by atoms with Crippen LogP contribution in [0.4, 0.5) is 0 Å². The predicted molar refractivity (Wildman–Crippen MR) is 66.3 cm³/mol. The van der Waals surface area contributed by atoms with E-state index in [9.17, 15) is 0 Å². The first-order valence-electron chi connectivity index (χ1n) is 5.93. The van der Waals surface area contributed by atoms with Gasteiger partial charge in [-0.25, -0.2) is 0 Å². The molecular weight excluding hydrogens is 196 g/mol. The molecule has 2 atom stereocenters. The molecule has 82 valence electrons. The maximum Gasteiger partial charge on any atom is 0.0346 e. The third kappa shape index (κ3) is 1.59. The Labute approximate surface area is 95.5 Å². The summed E-state index contributed by atoms with van der Waals surface area (Å²) in [5.74, 6) is 0.640. The Balaban J connectivity index is 2.09. The van der Waals surface area contributed by atoms with E-state index in [0.717, 1.165) is 12.8 Å². The van der Waals surface area contributed by atoms with Crippen LogP contribution < -0.4 is 5.73 Å². The van der Waals surface area contributed by atoms with Crippen molar-refractivity contribution < 1.29 is 0 Å². The van der Waals surface area contributed by atoms with Crippen molar-refractivity contribution in [2.45, 2.75) is 31.2 Å². The Hall–Kier alpha value is -1.41. The van der Waals surface area contributed by atoms with E-state index in [-0.39, 0.29) is 0 Å². The van der Waals surface area contributed by atoms with Crippen molar-refractivity contribution in [2.75, 3.05) is 0 Å². The quantitative estimate of drug-likeness (QED) is 0.789. The molecule has 0 bridgehead atoms. The van der Waals surface area contributed by atoms with E-state index in [1.165, 1.54) is 22.8 Å². The molecule has 0 spiro atoms. The van der Waals surface area contributed by atoms with Gasteiger partial charge in [0.05, 0.1) is 0 Å². The number of nitrogens with two attached hydrogens (primary N) is 1. The largest absolute Gasteiger partial charge is 0.328 e. The minimum atomic E-state index is 0.391. The predicted octanol–water partition coefficient (Wildman–Crippen LogP) is 2.83. The van der Waals surface area contributed by atoms with E-state index in [1.54, 1.807) is 0 Å². The van der Waals surface area contributed by atoms with Gasteiger partial charge in [-0.1, -0.05) is 18.2 Å². The van der Waals surface area contributed by atoms with Gasteiger partial charge in [0, 0.05) is 23.8 Å². The molecule has 1 aromatic carbocycles. The highest BCUT2D eigenvalue weighted by Crippen LogP contribution is 2.36. The molecule has 1 heterocycles. The van der Waals surface area contributed by atoms with Crippen molar-refractivity contribution in [3.8, 4) is 0 Å². The Morgan fingerprint density at radius 2 is 2.12 bits per heavy atom. The van der Waals surface area contributed by atoms with E-state index in [4.69, 9.17) is 5.73 Å². The Morgan fingerprint density at radius 3 is 2.94 bits per heavy atom. The van der Waals surface area contributed by atoms with E-state index < -0.39 is 0 Å². The summed E-state index contributed by atoms with van der Waals surface area (Å²) in [5, 5.41) is 2.58. The molecule has 0 aliphatic heterocycles. The molecule has 0 saturated heterocycles. The molecule has 2 unspecified atom stereocenters. The fourth-order valence-corrected chi connectivity index (χ4v) is 2.80. The molecule has 2 aromatic rings. The van der Waals surface area contributed by atoms with Gasteiger partial charge in [-0.3, -0.25) is 4.98 Å². The van der Waals surface area contributed by atoms with Crippen molar-refractivity contribution in [3.05, 3.63) is 42.2 Å². The van der Waals surface area contributed by atoms with Crippen LogP contribution in [0.25, 0.3) is 10.8 Å². The highest BCUT2D eigenvalue weighted by molar-refractivity contribution is 5.85. The number of pyridine rings is 1. The average molecular weight is 212 g/mol. The number of hydrogen-bond donors (Lipinski definition) is 1. The van der Waals surface area contributed by atoms with Gasteiger partial charge in [-0.15, -0.1) is 0 Å². The minimum absolute atomic E-state index is 0.391. The van der Waals surface area contributed by atoms with Gasteiger partial charge >= 0.3 is 0 Å². The van der Waals surface area contributed by atoms with Crippen LogP contribution in [0.15, 0.2) is 36.7 Å². The molecule has 1 aliphatic rings. The number of rotatable bonds is 1. The van der Waals surface area contributed by atoms with Gasteiger partial charge in [-0.05, 0) is 42.2 Å². The van der Waals surface area contributed by atoms with Crippen molar-refractivity contribution in [2.24, 2.45) is 5.73 Å². The maximum absolute atomic E-state index is 5.99. The van der Waals surface area contributed by atoms with Crippen LogP contribution in [-0.2, 0) is 0 Å². The third-order valence-electron chi connectivity index (χ3n) is 3.63. The van der Waals surface area contributed by atoms with Gasteiger partial charge < -0.3 is 5.73 Å². The minimum Gasteiger partial charge on any atom is -0.328 e. The van der Waals surface area contributed by atoms with Crippen molar-refractivity contribution in [3.63, 3.8) is 0 Å². The molecule has 0 radical (unpaired) electrons. The second kappa shape index (κ2) is 3.87. The molecule has 1 saturated carbocycles. The Morgan fingerprint density at radius 1 is 1.19 bits per heavy atom. The van der Waals surface area contributed by atoms with E-state index >= 15 is 0 Å². The third-order valence-corrected chi connectivity index (χ3v) is 3.63. The van der Waals surface area contributed by atoms with Gasteiger partial charge in [0.2, 0.25) is 0 Å². The molecule has 3 rings (SSSR count). The zero-order valence-electron chi connectivity index (χ0n) is 9.26. The first-order chi connectivity index (χ1) is 7.84. The van der Waals surface area contributed by atoms with Crippen molar-refractivity contribution in [1.29, 1.82) is 0 Å². The molecule has 2 N–H and O–H groups in total. The zero-order chi connectivity index (χ0) is 11.0. The van der Waals surface area contributed by atoms with Crippen LogP contribution in [0.5, 0.6) is 0 Å². The van der Waals surface area contributed by atoms with Crippen LogP contribution >= 0.6 is 0 Å². The molecule has 2 nitrogen and oxygen atoms in total. The van der Waals surface area contributed by atoms with Gasteiger partial charge in [-0.2, -0.15) is 0 Å². The number of fused-ring (bicyclic) bond motifs is 1.